The molecule has 2 aromatic rings. The van der Waals surface area contributed by atoms with Crippen molar-refractivity contribution in [3.8, 4) is 0 Å². The van der Waals surface area contributed by atoms with E-state index in [-0.39, 0.29) is 17.0 Å². The maximum atomic E-state index is 13.3. The van der Waals surface area contributed by atoms with Crippen molar-refractivity contribution >= 4 is 27.7 Å². The van der Waals surface area contributed by atoms with Gasteiger partial charge in [0.25, 0.3) is 15.9 Å². The number of nitrogens with zero attached hydrogens (tertiary/aromatic N) is 2. The first-order valence-corrected chi connectivity index (χ1v) is 11.8. The van der Waals surface area contributed by atoms with Gasteiger partial charge in [0.15, 0.2) is 0 Å². The van der Waals surface area contributed by atoms with Gasteiger partial charge >= 0.3 is 0 Å². The fourth-order valence-corrected chi connectivity index (χ4v) is 4.96. The normalized spacial score (nSPS) is 15.7. The highest BCUT2D eigenvalue weighted by Gasteiger charge is 2.43. The number of amides is 3. The van der Waals surface area contributed by atoms with Gasteiger partial charge in [-0.05, 0) is 57.5 Å². The van der Waals surface area contributed by atoms with Crippen LogP contribution >= 0.6 is 0 Å². The van der Waals surface area contributed by atoms with Crippen LogP contribution in [0.1, 0.15) is 43.6 Å². The van der Waals surface area contributed by atoms with E-state index < -0.39 is 51.7 Å². The smallest absolute Gasteiger partial charge is 0.269 e. The monoisotopic (exact) mass is 475 g/mol. The first-order chi connectivity index (χ1) is 15.3. The molecular weight excluding hydrogens is 449 g/mol. The second kappa shape index (κ2) is 8.93. The van der Waals surface area contributed by atoms with E-state index in [2.05, 4.69) is 5.32 Å². The average Bonchev–Trinajstić information content (AvgIpc) is 2.92. The largest absolute Gasteiger partial charge is 0.350 e. The lowest BCUT2D eigenvalue weighted by Crippen LogP contribution is -2.54. The Labute approximate surface area is 192 Å². The molecule has 3 amide bonds. The van der Waals surface area contributed by atoms with E-state index in [1.165, 1.54) is 60.4 Å². The molecule has 0 saturated heterocycles. The number of rotatable bonds is 6. The third-order valence-electron chi connectivity index (χ3n) is 5.12. The molecule has 1 aliphatic heterocycles. The number of sulfonamides is 1. The molecule has 10 heteroatoms. The molecule has 0 unspecified atom stereocenters. The Balaban J connectivity index is 1.89. The second-order valence-electron chi connectivity index (χ2n) is 8.88. The Morgan fingerprint density at radius 3 is 2.27 bits per heavy atom. The maximum Gasteiger partial charge on any atom is 0.269 e. The topological polar surface area (TPSA) is 104 Å². The Bertz CT molecular complexity index is 1190. The summed E-state index contributed by atoms with van der Waals surface area (Å²) >= 11 is 0. The van der Waals surface area contributed by atoms with Gasteiger partial charge in [0.05, 0.1) is 5.56 Å². The first-order valence-electron chi connectivity index (χ1n) is 10.3. The lowest BCUT2D eigenvalue weighted by atomic mass is 10.1. The van der Waals surface area contributed by atoms with Crippen LogP contribution in [0, 0.1) is 5.82 Å². The highest BCUT2D eigenvalue weighted by molar-refractivity contribution is 7.90. The Kier molecular flexibility index (Phi) is 6.60. The van der Waals surface area contributed by atoms with Crippen molar-refractivity contribution in [1.29, 1.82) is 0 Å². The lowest BCUT2D eigenvalue weighted by Gasteiger charge is -2.32. The number of hydrogen-bond acceptors (Lipinski definition) is 5. The molecule has 0 radical (unpaired) electrons. The van der Waals surface area contributed by atoms with Crippen LogP contribution in [0.4, 0.5) is 4.39 Å². The molecule has 0 aromatic heterocycles. The van der Waals surface area contributed by atoms with Crippen molar-refractivity contribution in [2.24, 2.45) is 0 Å². The van der Waals surface area contributed by atoms with Crippen LogP contribution in [-0.4, -0.2) is 53.5 Å². The zero-order valence-electron chi connectivity index (χ0n) is 18.8. The highest BCUT2D eigenvalue weighted by Crippen LogP contribution is 2.30. The summed E-state index contributed by atoms with van der Waals surface area (Å²) in [5.41, 5.74) is -0.0285. The van der Waals surface area contributed by atoms with Crippen molar-refractivity contribution < 1.29 is 27.2 Å². The molecule has 1 heterocycles. The maximum absolute atomic E-state index is 13.3. The van der Waals surface area contributed by atoms with Crippen LogP contribution in [0.3, 0.4) is 0 Å². The van der Waals surface area contributed by atoms with Crippen molar-refractivity contribution in [1.82, 2.24) is 14.5 Å². The summed E-state index contributed by atoms with van der Waals surface area (Å²) in [5.74, 6) is -2.44. The Morgan fingerprint density at radius 1 is 1.09 bits per heavy atom. The van der Waals surface area contributed by atoms with Crippen LogP contribution < -0.4 is 5.32 Å². The van der Waals surface area contributed by atoms with E-state index in [1.807, 2.05) is 0 Å². The highest BCUT2D eigenvalue weighted by atomic mass is 32.2. The van der Waals surface area contributed by atoms with E-state index in [0.29, 0.717) is 9.87 Å². The summed E-state index contributed by atoms with van der Waals surface area (Å²) in [4.78, 5) is 39.8. The molecule has 8 nitrogen and oxygen atoms in total. The molecule has 176 valence electrons. The van der Waals surface area contributed by atoms with Crippen LogP contribution in [0.5, 0.6) is 0 Å². The van der Waals surface area contributed by atoms with Gasteiger partial charge in [-0.25, -0.2) is 17.1 Å². The SMILES string of the molecule is C[C@H](C(=O)NC(C)(C)C)N(Cc1ccc(F)cc1)C(=O)CN1C(=O)c2ccccc2S1(=O)=O. The number of carbonyl (C=O) groups is 3. The Morgan fingerprint density at radius 2 is 1.70 bits per heavy atom. The fourth-order valence-electron chi connectivity index (χ4n) is 3.44. The van der Waals surface area contributed by atoms with Gasteiger partial charge in [-0.1, -0.05) is 24.3 Å². The molecule has 2 aromatic carbocycles. The summed E-state index contributed by atoms with van der Waals surface area (Å²) in [6.45, 7) is 6.04. The third-order valence-corrected chi connectivity index (χ3v) is 6.91. The van der Waals surface area contributed by atoms with Crippen molar-refractivity contribution in [3.63, 3.8) is 0 Å². The van der Waals surface area contributed by atoms with E-state index in [1.54, 1.807) is 20.8 Å². The standard InChI is InChI=1S/C23H26FN3O5S/c1-15(21(29)25-23(2,3)4)26(13-16-9-11-17(24)12-10-16)20(28)14-27-22(30)18-7-5-6-8-19(18)33(27,31)32/h5-12,15H,13-14H2,1-4H3,(H,25,29)/t15-/m1/s1. The molecule has 1 atom stereocenters. The lowest BCUT2D eigenvalue weighted by molar-refractivity contribution is -0.141. The van der Waals surface area contributed by atoms with Crippen LogP contribution in [-0.2, 0) is 26.2 Å². The van der Waals surface area contributed by atoms with E-state index in [9.17, 15) is 27.2 Å². The predicted octanol–water partition coefficient (Wildman–Crippen LogP) is 2.30. The summed E-state index contributed by atoms with van der Waals surface area (Å²) < 4.78 is 39.6. The molecule has 3 rings (SSSR count). The van der Waals surface area contributed by atoms with Gasteiger partial charge in [-0.15, -0.1) is 0 Å². The minimum atomic E-state index is -4.19. The van der Waals surface area contributed by atoms with Crippen LogP contribution in [0.25, 0.3) is 0 Å². The minimum absolute atomic E-state index is 0.00564. The van der Waals surface area contributed by atoms with Crippen LogP contribution in [0.15, 0.2) is 53.4 Å². The second-order valence-corrected chi connectivity index (χ2v) is 10.7. The summed E-state index contributed by atoms with van der Waals surface area (Å²) in [7, 11) is -4.19. The van der Waals surface area contributed by atoms with Crippen LogP contribution in [0.2, 0.25) is 0 Å². The summed E-state index contributed by atoms with van der Waals surface area (Å²) in [6.07, 6.45) is 0. The Hall–Kier alpha value is -3.27. The van der Waals surface area contributed by atoms with Gasteiger partial charge in [0, 0.05) is 12.1 Å². The molecule has 0 spiro atoms. The van der Waals surface area contributed by atoms with Crippen molar-refractivity contribution in [2.75, 3.05) is 6.54 Å². The van der Waals surface area contributed by atoms with Crippen molar-refractivity contribution in [3.05, 3.63) is 65.5 Å². The molecule has 1 N–H and O–H groups in total. The molecule has 0 saturated carbocycles. The molecule has 0 fully saturated rings. The number of hydrogen-bond donors (Lipinski definition) is 1. The van der Waals surface area contributed by atoms with Gasteiger partial charge in [-0.2, -0.15) is 0 Å². The zero-order valence-corrected chi connectivity index (χ0v) is 19.6. The van der Waals surface area contributed by atoms with Crippen molar-refractivity contribution in [2.45, 2.75) is 50.7 Å². The number of fused-ring (bicyclic) bond motifs is 1. The fraction of sp³-hybridized carbons (Fsp3) is 0.348. The summed E-state index contributed by atoms with van der Waals surface area (Å²) in [5, 5.41) is 2.79. The van der Waals surface area contributed by atoms with Gasteiger partial charge < -0.3 is 10.2 Å². The molecular formula is C23H26FN3O5S. The molecule has 0 bridgehead atoms. The number of halogens is 1. The quantitative estimate of drug-likeness (QED) is 0.691. The number of benzene rings is 2. The van der Waals surface area contributed by atoms with E-state index >= 15 is 0 Å². The van der Waals surface area contributed by atoms with E-state index in [4.69, 9.17) is 0 Å². The third kappa shape index (κ3) is 5.22. The number of nitrogens with one attached hydrogen (secondary N) is 1. The number of carbonyl (C=O) groups excluding carboxylic acids is 3. The van der Waals surface area contributed by atoms with Gasteiger partial charge in [0.2, 0.25) is 11.8 Å². The first kappa shape index (κ1) is 24.4. The summed E-state index contributed by atoms with van der Waals surface area (Å²) in [6, 6.07) is 10.1. The molecule has 33 heavy (non-hydrogen) atoms. The van der Waals surface area contributed by atoms with E-state index in [0.717, 1.165) is 0 Å². The van der Waals surface area contributed by atoms with Gasteiger partial charge in [-0.3, -0.25) is 14.4 Å². The molecule has 1 aliphatic rings. The van der Waals surface area contributed by atoms with Gasteiger partial charge in [0.1, 0.15) is 23.3 Å². The average molecular weight is 476 g/mol. The minimum Gasteiger partial charge on any atom is -0.350 e. The predicted molar refractivity (Wildman–Crippen MR) is 119 cm³/mol. The zero-order chi connectivity index (χ0) is 24.6. The molecule has 0 aliphatic carbocycles.